The van der Waals surface area contributed by atoms with Crippen molar-refractivity contribution in [3.8, 4) is 11.6 Å². The first-order chi connectivity index (χ1) is 9.19. The molecule has 5 heteroatoms. The second-order valence-corrected chi connectivity index (χ2v) is 4.78. The Morgan fingerprint density at radius 3 is 2.89 bits per heavy atom. The average molecular weight is 325 g/mol. The number of halogens is 2. The van der Waals surface area contributed by atoms with Crippen LogP contribution in [0.25, 0.3) is 0 Å². The first kappa shape index (κ1) is 14.0. The SMILES string of the molecule is CCNCc1cccc(Oc2ccc(Br)c(F)c2)n1. The van der Waals surface area contributed by atoms with Gasteiger partial charge in [0.2, 0.25) is 5.88 Å². The number of nitrogens with zero attached hydrogens (tertiary/aromatic N) is 1. The molecule has 0 saturated heterocycles. The van der Waals surface area contributed by atoms with Crippen LogP contribution in [0.15, 0.2) is 40.9 Å². The van der Waals surface area contributed by atoms with Gasteiger partial charge in [-0.25, -0.2) is 9.37 Å². The largest absolute Gasteiger partial charge is 0.439 e. The lowest BCUT2D eigenvalue weighted by Gasteiger charge is -2.07. The van der Waals surface area contributed by atoms with E-state index in [9.17, 15) is 4.39 Å². The van der Waals surface area contributed by atoms with Crippen molar-refractivity contribution in [3.05, 3.63) is 52.4 Å². The third-order valence-electron chi connectivity index (χ3n) is 2.45. The van der Waals surface area contributed by atoms with Crippen molar-refractivity contribution in [1.82, 2.24) is 10.3 Å². The Morgan fingerprint density at radius 1 is 1.32 bits per heavy atom. The summed E-state index contributed by atoms with van der Waals surface area (Å²) in [6.45, 7) is 3.60. The lowest BCUT2D eigenvalue weighted by atomic mass is 10.3. The number of benzene rings is 1. The predicted molar refractivity (Wildman–Crippen MR) is 75.8 cm³/mol. The van der Waals surface area contributed by atoms with Gasteiger partial charge in [-0.05, 0) is 40.7 Å². The maximum Gasteiger partial charge on any atom is 0.219 e. The third kappa shape index (κ3) is 4.01. The Hall–Kier alpha value is -1.46. The summed E-state index contributed by atoms with van der Waals surface area (Å²) < 4.78 is 19.3. The minimum absolute atomic E-state index is 0.360. The average Bonchev–Trinajstić information content (AvgIpc) is 2.41. The first-order valence-corrected chi connectivity index (χ1v) is 6.78. The van der Waals surface area contributed by atoms with Crippen LogP contribution in [0, 0.1) is 5.82 Å². The van der Waals surface area contributed by atoms with Gasteiger partial charge in [-0.15, -0.1) is 0 Å². The fraction of sp³-hybridized carbons (Fsp3) is 0.214. The summed E-state index contributed by atoms with van der Waals surface area (Å²) in [5, 5.41) is 3.19. The number of pyridine rings is 1. The molecular weight excluding hydrogens is 311 g/mol. The topological polar surface area (TPSA) is 34.1 Å². The molecular formula is C14H14BrFN2O. The molecule has 0 saturated carbocycles. The number of hydrogen-bond donors (Lipinski definition) is 1. The summed E-state index contributed by atoms with van der Waals surface area (Å²) in [4.78, 5) is 4.34. The molecule has 0 radical (unpaired) electrons. The summed E-state index contributed by atoms with van der Waals surface area (Å²) in [6, 6.07) is 10.1. The van der Waals surface area contributed by atoms with Gasteiger partial charge in [-0.2, -0.15) is 0 Å². The molecule has 0 aliphatic heterocycles. The molecule has 1 N–H and O–H groups in total. The zero-order valence-electron chi connectivity index (χ0n) is 10.5. The molecule has 1 aromatic heterocycles. The Bertz CT molecular complexity index is 563. The molecule has 0 bridgehead atoms. The highest BCUT2D eigenvalue weighted by atomic mass is 79.9. The third-order valence-corrected chi connectivity index (χ3v) is 3.09. The molecule has 0 aliphatic carbocycles. The van der Waals surface area contributed by atoms with Gasteiger partial charge < -0.3 is 10.1 Å². The van der Waals surface area contributed by atoms with Crippen LogP contribution in [-0.2, 0) is 6.54 Å². The monoisotopic (exact) mass is 324 g/mol. The van der Waals surface area contributed by atoms with Crippen molar-refractivity contribution in [1.29, 1.82) is 0 Å². The Balaban J connectivity index is 2.11. The van der Waals surface area contributed by atoms with Crippen LogP contribution in [0.2, 0.25) is 0 Å². The molecule has 3 nitrogen and oxygen atoms in total. The van der Waals surface area contributed by atoms with Crippen molar-refractivity contribution in [2.45, 2.75) is 13.5 Å². The number of nitrogens with one attached hydrogen (secondary N) is 1. The maximum absolute atomic E-state index is 13.4. The Morgan fingerprint density at radius 2 is 2.16 bits per heavy atom. The van der Waals surface area contributed by atoms with Crippen molar-refractivity contribution < 1.29 is 9.13 Å². The molecule has 100 valence electrons. The quantitative estimate of drug-likeness (QED) is 0.906. The highest BCUT2D eigenvalue weighted by Crippen LogP contribution is 2.24. The van der Waals surface area contributed by atoms with Gasteiger partial charge in [-0.1, -0.05) is 13.0 Å². The number of aromatic nitrogens is 1. The standard InChI is InChI=1S/C14H14BrFN2O/c1-2-17-9-10-4-3-5-14(18-10)19-11-6-7-12(15)13(16)8-11/h3-8,17H,2,9H2,1H3. The molecule has 1 aromatic carbocycles. The van der Waals surface area contributed by atoms with Crippen LogP contribution >= 0.6 is 15.9 Å². The van der Waals surface area contributed by atoms with Crippen molar-refractivity contribution in [2.24, 2.45) is 0 Å². The van der Waals surface area contributed by atoms with Crippen LogP contribution in [0.1, 0.15) is 12.6 Å². The molecule has 0 unspecified atom stereocenters. The number of ether oxygens (including phenoxy) is 1. The first-order valence-electron chi connectivity index (χ1n) is 5.98. The van der Waals surface area contributed by atoms with Gasteiger partial charge in [0, 0.05) is 18.7 Å². The van der Waals surface area contributed by atoms with E-state index in [0.29, 0.717) is 22.6 Å². The molecule has 0 aliphatic rings. The van der Waals surface area contributed by atoms with E-state index in [-0.39, 0.29) is 5.82 Å². The van der Waals surface area contributed by atoms with Crippen LogP contribution < -0.4 is 10.1 Å². The van der Waals surface area contributed by atoms with Crippen molar-refractivity contribution in [2.75, 3.05) is 6.54 Å². The summed E-state index contributed by atoms with van der Waals surface area (Å²) >= 11 is 3.10. The molecule has 19 heavy (non-hydrogen) atoms. The lowest BCUT2D eigenvalue weighted by molar-refractivity contribution is 0.454. The van der Waals surface area contributed by atoms with E-state index in [2.05, 4.69) is 26.2 Å². The van der Waals surface area contributed by atoms with Gasteiger partial charge >= 0.3 is 0 Å². The van der Waals surface area contributed by atoms with Gasteiger partial charge in [-0.3, -0.25) is 0 Å². The van der Waals surface area contributed by atoms with Gasteiger partial charge in [0.1, 0.15) is 11.6 Å². The minimum atomic E-state index is -0.360. The molecule has 0 fully saturated rings. The molecule has 1 heterocycles. The van der Waals surface area contributed by atoms with Crippen molar-refractivity contribution in [3.63, 3.8) is 0 Å². The van der Waals surface area contributed by atoms with Gasteiger partial charge in [0.25, 0.3) is 0 Å². The Labute approximate surface area is 119 Å². The molecule has 0 spiro atoms. The lowest BCUT2D eigenvalue weighted by Crippen LogP contribution is -2.12. The van der Waals surface area contributed by atoms with E-state index < -0.39 is 0 Å². The van der Waals surface area contributed by atoms with E-state index in [1.807, 2.05) is 19.1 Å². The van der Waals surface area contributed by atoms with Gasteiger partial charge in [0.15, 0.2) is 0 Å². The van der Waals surface area contributed by atoms with E-state index in [1.54, 1.807) is 18.2 Å². The predicted octanol–water partition coefficient (Wildman–Crippen LogP) is 3.89. The molecule has 2 rings (SSSR count). The second kappa shape index (κ2) is 6.63. The number of hydrogen-bond acceptors (Lipinski definition) is 3. The van der Waals surface area contributed by atoms with Crippen LogP contribution in [0.3, 0.4) is 0 Å². The normalized spacial score (nSPS) is 10.5. The van der Waals surface area contributed by atoms with Gasteiger partial charge in [0.05, 0.1) is 10.2 Å². The fourth-order valence-corrected chi connectivity index (χ4v) is 1.77. The maximum atomic E-state index is 13.4. The second-order valence-electron chi connectivity index (χ2n) is 3.93. The minimum Gasteiger partial charge on any atom is -0.439 e. The van der Waals surface area contributed by atoms with E-state index >= 15 is 0 Å². The smallest absolute Gasteiger partial charge is 0.219 e. The van der Waals surface area contributed by atoms with E-state index in [4.69, 9.17) is 4.74 Å². The zero-order chi connectivity index (χ0) is 13.7. The summed E-state index contributed by atoms with van der Waals surface area (Å²) in [5.74, 6) is 0.521. The van der Waals surface area contributed by atoms with Crippen LogP contribution in [-0.4, -0.2) is 11.5 Å². The summed E-state index contributed by atoms with van der Waals surface area (Å²) in [7, 11) is 0. The molecule has 0 atom stereocenters. The fourth-order valence-electron chi connectivity index (χ4n) is 1.53. The highest BCUT2D eigenvalue weighted by molar-refractivity contribution is 9.10. The van der Waals surface area contributed by atoms with Crippen LogP contribution in [0.5, 0.6) is 11.6 Å². The molecule has 2 aromatic rings. The zero-order valence-corrected chi connectivity index (χ0v) is 12.1. The number of rotatable bonds is 5. The van der Waals surface area contributed by atoms with E-state index in [0.717, 1.165) is 12.2 Å². The summed E-state index contributed by atoms with van der Waals surface area (Å²) in [5.41, 5.74) is 0.886. The van der Waals surface area contributed by atoms with Crippen LogP contribution in [0.4, 0.5) is 4.39 Å². The van der Waals surface area contributed by atoms with Crippen molar-refractivity contribution >= 4 is 15.9 Å². The van der Waals surface area contributed by atoms with E-state index in [1.165, 1.54) is 6.07 Å². The summed E-state index contributed by atoms with van der Waals surface area (Å²) in [6.07, 6.45) is 0. The Kier molecular flexibility index (Phi) is 4.87. The highest BCUT2D eigenvalue weighted by Gasteiger charge is 2.04. The molecule has 0 amide bonds.